The molecule has 32 heavy (non-hydrogen) atoms. The standard InChI is InChI=1S/C24H22N4O4/c1-31-23(29)21(17-10-6-3-7-11-17)32-18-12-13-19-20(14-18)27-28-22(19)26-24(30)25-15-16-8-4-2-5-9-16/h2-14,21H,15H2,1H3,(H3,25,26,27,28,30). The molecule has 0 saturated heterocycles. The molecule has 162 valence electrons. The molecule has 0 aliphatic rings. The maximum absolute atomic E-state index is 12.3. The van der Waals surface area contributed by atoms with Crippen LogP contribution < -0.4 is 15.4 Å². The van der Waals surface area contributed by atoms with Crippen LogP contribution in [-0.2, 0) is 16.1 Å². The molecule has 1 unspecified atom stereocenters. The number of carbonyl (C=O) groups is 2. The van der Waals surface area contributed by atoms with Gasteiger partial charge in [0.2, 0.25) is 6.10 Å². The lowest BCUT2D eigenvalue weighted by Gasteiger charge is -2.17. The number of aromatic nitrogens is 2. The lowest BCUT2D eigenvalue weighted by Crippen LogP contribution is -2.28. The highest BCUT2D eigenvalue weighted by atomic mass is 16.6. The Balaban J connectivity index is 1.46. The van der Waals surface area contributed by atoms with E-state index in [2.05, 4.69) is 20.8 Å². The molecule has 3 N–H and O–H groups in total. The maximum atomic E-state index is 12.3. The van der Waals surface area contributed by atoms with Crippen molar-refractivity contribution in [2.45, 2.75) is 12.6 Å². The minimum Gasteiger partial charge on any atom is -0.474 e. The Labute approximate surface area is 184 Å². The van der Waals surface area contributed by atoms with E-state index in [1.165, 1.54) is 7.11 Å². The third-order valence-electron chi connectivity index (χ3n) is 4.83. The maximum Gasteiger partial charge on any atom is 0.351 e. The zero-order chi connectivity index (χ0) is 22.3. The van der Waals surface area contributed by atoms with Crippen molar-refractivity contribution in [2.24, 2.45) is 0 Å². The first-order chi connectivity index (χ1) is 15.6. The fourth-order valence-electron chi connectivity index (χ4n) is 3.22. The van der Waals surface area contributed by atoms with E-state index >= 15 is 0 Å². The molecule has 1 atom stereocenters. The number of ether oxygens (including phenoxy) is 2. The van der Waals surface area contributed by atoms with E-state index in [4.69, 9.17) is 9.47 Å². The van der Waals surface area contributed by atoms with Crippen molar-refractivity contribution in [1.29, 1.82) is 0 Å². The van der Waals surface area contributed by atoms with Crippen LogP contribution in [0.25, 0.3) is 10.9 Å². The highest BCUT2D eigenvalue weighted by Crippen LogP contribution is 2.28. The summed E-state index contributed by atoms with van der Waals surface area (Å²) in [6, 6.07) is 23.6. The molecular formula is C24H22N4O4. The molecular weight excluding hydrogens is 408 g/mol. The second-order valence-corrected chi connectivity index (χ2v) is 7.00. The number of H-pyrrole nitrogens is 1. The molecule has 1 heterocycles. The summed E-state index contributed by atoms with van der Waals surface area (Å²) in [6.07, 6.45) is -0.900. The van der Waals surface area contributed by atoms with Gasteiger partial charge in [0.05, 0.1) is 12.6 Å². The third kappa shape index (κ3) is 4.86. The van der Waals surface area contributed by atoms with Gasteiger partial charge < -0.3 is 14.8 Å². The molecule has 0 saturated carbocycles. The summed E-state index contributed by atoms with van der Waals surface area (Å²) in [5, 5.41) is 13.3. The van der Waals surface area contributed by atoms with E-state index in [9.17, 15) is 9.59 Å². The van der Waals surface area contributed by atoms with E-state index in [1.807, 2.05) is 48.5 Å². The van der Waals surface area contributed by atoms with Gasteiger partial charge in [-0.15, -0.1) is 0 Å². The Morgan fingerprint density at radius 3 is 2.44 bits per heavy atom. The second-order valence-electron chi connectivity index (χ2n) is 7.00. The Bertz CT molecular complexity index is 1210. The number of urea groups is 1. The number of hydrogen-bond acceptors (Lipinski definition) is 5. The zero-order valence-electron chi connectivity index (χ0n) is 17.4. The smallest absolute Gasteiger partial charge is 0.351 e. The van der Waals surface area contributed by atoms with Crippen LogP contribution in [0.4, 0.5) is 10.6 Å². The minimum absolute atomic E-state index is 0.364. The molecule has 0 fully saturated rings. The molecule has 4 aromatic rings. The van der Waals surface area contributed by atoms with Crippen molar-refractivity contribution in [2.75, 3.05) is 12.4 Å². The molecule has 4 rings (SSSR count). The summed E-state index contributed by atoms with van der Waals surface area (Å²) in [5.74, 6) is 0.350. The molecule has 0 bridgehead atoms. The van der Waals surface area contributed by atoms with Crippen molar-refractivity contribution < 1.29 is 19.1 Å². The van der Waals surface area contributed by atoms with E-state index in [0.717, 1.165) is 5.56 Å². The fourth-order valence-corrected chi connectivity index (χ4v) is 3.22. The highest BCUT2D eigenvalue weighted by Gasteiger charge is 2.23. The predicted molar refractivity (Wildman–Crippen MR) is 120 cm³/mol. The van der Waals surface area contributed by atoms with Gasteiger partial charge in [-0.05, 0) is 17.7 Å². The number of amides is 2. The van der Waals surface area contributed by atoms with E-state index < -0.39 is 12.1 Å². The highest BCUT2D eigenvalue weighted by molar-refractivity contribution is 5.99. The molecule has 8 heteroatoms. The van der Waals surface area contributed by atoms with Gasteiger partial charge in [0.15, 0.2) is 5.82 Å². The summed E-state index contributed by atoms with van der Waals surface area (Å²) in [7, 11) is 1.32. The Morgan fingerprint density at radius 1 is 1.00 bits per heavy atom. The topological polar surface area (TPSA) is 105 Å². The normalized spacial score (nSPS) is 11.5. The first kappa shape index (κ1) is 20.9. The van der Waals surface area contributed by atoms with Crippen LogP contribution in [0.3, 0.4) is 0 Å². The van der Waals surface area contributed by atoms with Gasteiger partial charge in [0.1, 0.15) is 5.75 Å². The van der Waals surface area contributed by atoms with Gasteiger partial charge in [0, 0.05) is 23.6 Å². The van der Waals surface area contributed by atoms with E-state index in [-0.39, 0.29) is 6.03 Å². The summed E-state index contributed by atoms with van der Waals surface area (Å²) in [6.45, 7) is 0.404. The molecule has 8 nitrogen and oxygen atoms in total. The van der Waals surface area contributed by atoms with Crippen molar-refractivity contribution in [3.8, 4) is 5.75 Å². The van der Waals surface area contributed by atoms with Crippen LogP contribution in [0, 0.1) is 0 Å². The number of aromatic amines is 1. The zero-order valence-corrected chi connectivity index (χ0v) is 17.4. The first-order valence-corrected chi connectivity index (χ1v) is 10.0. The SMILES string of the molecule is COC(=O)C(Oc1ccc2c(NC(=O)NCc3ccccc3)n[nH]c2c1)c1ccccc1. The second kappa shape index (κ2) is 9.65. The third-order valence-corrected chi connectivity index (χ3v) is 4.83. The molecule has 0 aliphatic carbocycles. The van der Waals surface area contributed by atoms with Crippen molar-refractivity contribution in [3.05, 3.63) is 90.0 Å². The molecule has 1 aromatic heterocycles. The number of anilines is 1. The first-order valence-electron chi connectivity index (χ1n) is 10.0. The van der Waals surface area contributed by atoms with Crippen molar-refractivity contribution in [3.63, 3.8) is 0 Å². The Kier molecular flexibility index (Phi) is 6.31. The quantitative estimate of drug-likeness (QED) is 0.382. The number of nitrogens with zero attached hydrogens (tertiary/aromatic N) is 1. The van der Waals surface area contributed by atoms with Crippen LogP contribution >= 0.6 is 0 Å². The summed E-state index contributed by atoms with van der Waals surface area (Å²) in [5.41, 5.74) is 2.33. The van der Waals surface area contributed by atoms with Crippen LogP contribution in [-0.4, -0.2) is 29.3 Å². The summed E-state index contributed by atoms with van der Waals surface area (Å²) in [4.78, 5) is 24.5. The number of nitrogens with one attached hydrogen (secondary N) is 3. The fraction of sp³-hybridized carbons (Fsp3) is 0.125. The largest absolute Gasteiger partial charge is 0.474 e. The molecule has 2 amide bonds. The number of methoxy groups -OCH3 is 1. The Morgan fingerprint density at radius 2 is 1.72 bits per heavy atom. The van der Waals surface area contributed by atoms with Gasteiger partial charge in [-0.2, -0.15) is 5.10 Å². The lowest BCUT2D eigenvalue weighted by molar-refractivity contribution is -0.149. The van der Waals surface area contributed by atoms with Gasteiger partial charge in [-0.3, -0.25) is 10.4 Å². The molecule has 0 radical (unpaired) electrons. The summed E-state index contributed by atoms with van der Waals surface area (Å²) >= 11 is 0. The average Bonchev–Trinajstić information content (AvgIpc) is 3.23. The number of hydrogen-bond donors (Lipinski definition) is 3. The van der Waals surface area contributed by atoms with E-state index in [1.54, 1.807) is 30.3 Å². The van der Waals surface area contributed by atoms with Crippen molar-refractivity contribution >= 4 is 28.7 Å². The van der Waals surface area contributed by atoms with Gasteiger partial charge in [0.25, 0.3) is 0 Å². The molecule has 0 aliphatic heterocycles. The van der Waals surface area contributed by atoms with Crippen molar-refractivity contribution in [1.82, 2.24) is 15.5 Å². The number of rotatable bonds is 7. The molecule has 0 spiro atoms. The van der Waals surface area contributed by atoms with E-state index in [0.29, 0.717) is 34.6 Å². The lowest BCUT2D eigenvalue weighted by atomic mass is 10.1. The van der Waals surface area contributed by atoms with Crippen LogP contribution in [0.1, 0.15) is 17.2 Å². The van der Waals surface area contributed by atoms with Gasteiger partial charge in [-0.25, -0.2) is 9.59 Å². The number of fused-ring (bicyclic) bond motifs is 1. The minimum atomic E-state index is -0.900. The predicted octanol–water partition coefficient (Wildman–Crippen LogP) is 4.18. The number of carbonyl (C=O) groups excluding carboxylic acids is 2. The van der Waals surface area contributed by atoms with Crippen LogP contribution in [0.15, 0.2) is 78.9 Å². The number of esters is 1. The van der Waals surface area contributed by atoms with Crippen LogP contribution in [0.2, 0.25) is 0 Å². The van der Waals surface area contributed by atoms with Gasteiger partial charge >= 0.3 is 12.0 Å². The average molecular weight is 430 g/mol. The van der Waals surface area contributed by atoms with Gasteiger partial charge in [-0.1, -0.05) is 60.7 Å². The molecule has 3 aromatic carbocycles. The van der Waals surface area contributed by atoms with Crippen LogP contribution in [0.5, 0.6) is 5.75 Å². The summed E-state index contributed by atoms with van der Waals surface area (Å²) < 4.78 is 10.8. The monoisotopic (exact) mass is 430 g/mol. The number of benzene rings is 3. The Hall–Kier alpha value is -4.33.